The lowest BCUT2D eigenvalue weighted by molar-refractivity contribution is 0.0681. The summed E-state index contributed by atoms with van der Waals surface area (Å²) < 4.78 is 5.58. The summed E-state index contributed by atoms with van der Waals surface area (Å²) in [5.41, 5.74) is 13.8. The summed E-state index contributed by atoms with van der Waals surface area (Å²) >= 11 is 0. The molecule has 8 nitrogen and oxygen atoms in total. The lowest BCUT2D eigenvalue weighted by Crippen LogP contribution is -2.25. The average Bonchev–Trinajstić information content (AvgIpc) is 3.20. The van der Waals surface area contributed by atoms with E-state index in [0.717, 1.165) is 50.1 Å². The van der Waals surface area contributed by atoms with Crippen molar-refractivity contribution in [3.05, 3.63) is 35.7 Å². The molecule has 1 fully saturated rings. The fourth-order valence-corrected chi connectivity index (χ4v) is 2.79. The SMILES string of the molecule is CCNCCO.CC\C=C(C(=C/N)/C(N)=N/c1ccn[nH]1)\C1CCCOC1. The van der Waals surface area contributed by atoms with E-state index >= 15 is 0 Å². The monoisotopic (exact) mass is 378 g/mol. The summed E-state index contributed by atoms with van der Waals surface area (Å²) in [6.45, 7) is 7.55. The van der Waals surface area contributed by atoms with Crippen LogP contribution in [0.5, 0.6) is 0 Å². The van der Waals surface area contributed by atoms with Gasteiger partial charge in [-0.3, -0.25) is 5.10 Å². The van der Waals surface area contributed by atoms with Gasteiger partial charge in [0.15, 0.2) is 0 Å². The molecule has 0 bridgehead atoms. The van der Waals surface area contributed by atoms with Crippen LogP contribution in [0.1, 0.15) is 33.1 Å². The first kappa shape index (κ1) is 22.9. The quantitative estimate of drug-likeness (QED) is 0.202. The van der Waals surface area contributed by atoms with E-state index in [1.165, 1.54) is 6.20 Å². The Labute approximate surface area is 161 Å². The predicted molar refractivity (Wildman–Crippen MR) is 110 cm³/mol. The molecule has 8 heteroatoms. The highest BCUT2D eigenvalue weighted by Crippen LogP contribution is 2.28. The molecule has 152 valence electrons. The molecule has 2 rings (SSSR count). The average molecular weight is 379 g/mol. The maximum Gasteiger partial charge on any atom is 0.150 e. The van der Waals surface area contributed by atoms with Crippen LogP contribution in [-0.4, -0.2) is 54.0 Å². The molecule has 2 heterocycles. The third kappa shape index (κ3) is 8.38. The van der Waals surface area contributed by atoms with Crippen molar-refractivity contribution in [3.8, 4) is 0 Å². The van der Waals surface area contributed by atoms with Gasteiger partial charge in [0.2, 0.25) is 0 Å². The van der Waals surface area contributed by atoms with Gasteiger partial charge in [-0.05, 0) is 31.4 Å². The van der Waals surface area contributed by atoms with Crippen LogP contribution in [0.25, 0.3) is 0 Å². The largest absolute Gasteiger partial charge is 0.404 e. The smallest absolute Gasteiger partial charge is 0.150 e. The van der Waals surface area contributed by atoms with E-state index in [-0.39, 0.29) is 6.61 Å². The Bertz CT molecular complexity index is 585. The zero-order valence-electron chi connectivity index (χ0n) is 16.4. The summed E-state index contributed by atoms with van der Waals surface area (Å²) in [5.74, 6) is 1.33. The number of nitrogens with zero attached hydrogens (tertiary/aromatic N) is 2. The molecule has 27 heavy (non-hydrogen) atoms. The first-order chi connectivity index (χ1) is 13.2. The normalized spacial score (nSPS) is 18.8. The highest BCUT2D eigenvalue weighted by Gasteiger charge is 2.22. The first-order valence-electron chi connectivity index (χ1n) is 9.53. The van der Waals surface area contributed by atoms with Crippen LogP contribution < -0.4 is 16.8 Å². The minimum absolute atomic E-state index is 0.244. The van der Waals surface area contributed by atoms with Gasteiger partial charge in [-0.15, -0.1) is 0 Å². The van der Waals surface area contributed by atoms with Gasteiger partial charge in [0, 0.05) is 36.9 Å². The number of aliphatic hydroxyl groups excluding tert-OH is 1. The lowest BCUT2D eigenvalue weighted by atomic mass is 9.87. The van der Waals surface area contributed by atoms with Gasteiger partial charge >= 0.3 is 0 Å². The van der Waals surface area contributed by atoms with Crippen molar-refractivity contribution in [2.45, 2.75) is 33.1 Å². The van der Waals surface area contributed by atoms with Crippen LogP contribution in [0.3, 0.4) is 0 Å². The van der Waals surface area contributed by atoms with Gasteiger partial charge in [-0.2, -0.15) is 5.10 Å². The number of hydrogen-bond acceptors (Lipinski definition) is 6. The number of amidine groups is 1. The van der Waals surface area contributed by atoms with Gasteiger partial charge in [-0.25, -0.2) is 4.99 Å². The number of ether oxygens (including phenoxy) is 1. The minimum atomic E-state index is 0.244. The summed E-state index contributed by atoms with van der Waals surface area (Å²) in [7, 11) is 0. The molecule has 1 unspecified atom stereocenters. The van der Waals surface area contributed by atoms with E-state index in [9.17, 15) is 0 Å². The Morgan fingerprint density at radius 1 is 1.52 bits per heavy atom. The summed E-state index contributed by atoms with van der Waals surface area (Å²) in [6, 6.07) is 1.76. The first-order valence-corrected chi connectivity index (χ1v) is 9.53. The summed E-state index contributed by atoms with van der Waals surface area (Å²) in [6.07, 6.45) is 8.39. The van der Waals surface area contributed by atoms with E-state index < -0.39 is 0 Å². The number of aromatic amines is 1. The van der Waals surface area contributed by atoms with Crippen molar-refractivity contribution in [1.82, 2.24) is 15.5 Å². The van der Waals surface area contributed by atoms with Crippen molar-refractivity contribution < 1.29 is 9.84 Å². The Balaban J connectivity index is 0.000000527. The molecular weight excluding hydrogens is 344 g/mol. The number of nitrogens with one attached hydrogen (secondary N) is 2. The summed E-state index contributed by atoms with van der Waals surface area (Å²) in [4.78, 5) is 4.33. The molecule has 0 spiro atoms. The molecule has 0 aromatic carbocycles. The number of allylic oxidation sites excluding steroid dienone is 1. The maximum absolute atomic E-state index is 8.13. The maximum atomic E-state index is 8.13. The second-order valence-corrected chi connectivity index (χ2v) is 6.08. The van der Waals surface area contributed by atoms with Crippen molar-refractivity contribution in [2.24, 2.45) is 22.4 Å². The Hall–Kier alpha value is -2.16. The predicted octanol–water partition coefficient (Wildman–Crippen LogP) is 1.59. The van der Waals surface area contributed by atoms with Crippen molar-refractivity contribution in [3.63, 3.8) is 0 Å². The topological polar surface area (TPSA) is 135 Å². The van der Waals surface area contributed by atoms with Crippen LogP contribution in [0.4, 0.5) is 5.82 Å². The molecule has 1 atom stereocenters. The number of aliphatic hydroxyl groups is 1. The highest BCUT2D eigenvalue weighted by molar-refractivity contribution is 6.02. The lowest BCUT2D eigenvalue weighted by Gasteiger charge is -2.26. The molecule has 1 aromatic rings. The zero-order valence-corrected chi connectivity index (χ0v) is 16.4. The van der Waals surface area contributed by atoms with Gasteiger partial charge in [0.1, 0.15) is 11.7 Å². The summed E-state index contributed by atoms with van der Waals surface area (Å²) in [5, 5.41) is 17.7. The molecule has 1 aromatic heterocycles. The van der Waals surface area contributed by atoms with E-state index in [1.54, 1.807) is 12.3 Å². The number of likely N-dealkylation sites (N-methyl/N-ethyl adjacent to an activating group) is 1. The Morgan fingerprint density at radius 2 is 2.33 bits per heavy atom. The van der Waals surface area contributed by atoms with Crippen LogP contribution in [0.15, 0.2) is 40.7 Å². The zero-order chi connectivity index (χ0) is 19.9. The second kappa shape index (κ2) is 14.0. The Kier molecular flexibility index (Phi) is 11.8. The fraction of sp³-hybridized carbons (Fsp3) is 0.579. The number of hydrogen-bond donors (Lipinski definition) is 5. The molecule has 0 aliphatic carbocycles. The molecule has 0 saturated carbocycles. The van der Waals surface area contributed by atoms with E-state index in [0.29, 0.717) is 24.2 Å². The van der Waals surface area contributed by atoms with Gasteiger partial charge in [0.25, 0.3) is 0 Å². The van der Waals surface area contributed by atoms with Crippen molar-refractivity contribution >= 4 is 11.7 Å². The van der Waals surface area contributed by atoms with Crippen LogP contribution in [-0.2, 0) is 4.74 Å². The number of aromatic nitrogens is 2. The third-order valence-corrected chi connectivity index (χ3v) is 4.04. The molecule has 0 radical (unpaired) electrons. The minimum Gasteiger partial charge on any atom is -0.404 e. The van der Waals surface area contributed by atoms with Crippen molar-refractivity contribution in [2.75, 3.05) is 32.9 Å². The van der Waals surface area contributed by atoms with E-state index in [4.69, 9.17) is 21.3 Å². The number of H-pyrrole nitrogens is 1. The van der Waals surface area contributed by atoms with Gasteiger partial charge in [0.05, 0.1) is 19.4 Å². The second-order valence-electron chi connectivity index (χ2n) is 6.08. The van der Waals surface area contributed by atoms with Crippen molar-refractivity contribution in [1.29, 1.82) is 0 Å². The van der Waals surface area contributed by atoms with Gasteiger partial charge in [-0.1, -0.05) is 19.9 Å². The molecular formula is C19H34N6O2. The highest BCUT2D eigenvalue weighted by atomic mass is 16.5. The Morgan fingerprint density at radius 3 is 2.81 bits per heavy atom. The van der Waals surface area contributed by atoms with Gasteiger partial charge < -0.3 is 26.6 Å². The van der Waals surface area contributed by atoms with Crippen LogP contribution in [0, 0.1) is 5.92 Å². The molecule has 0 amide bonds. The number of rotatable bonds is 8. The van der Waals surface area contributed by atoms with E-state index in [1.807, 2.05) is 6.92 Å². The molecule has 1 aliphatic heterocycles. The standard InChI is InChI=1S/C15H23N5O.C4H11NO/c1-2-4-12(11-5-3-8-21-10-11)13(9-16)15(17)19-14-6-7-18-20-14;1-2-5-3-4-6/h4,6-7,9,11H,2-3,5,8,10,16H2,1H3,(H3,17,18,19,20);5-6H,2-4H2,1H3/b12-4-,13-9-;. The molecule has 1 saturated heterocycles. The third-order valence-electron chi connectivity index (χ3n) is 4.04. The number of nitrogens with two attached hydrogens (primary N) is 2. The van der Waals surface area contributed by atoms with Crippen LogP contribution >= 0.6 is 0 Å². The van der Waals surface area contributed by atoms with Crippen LogP contribution in [0.2, 0.25) is 0 Å². The molecule has 7 N–H and O–H groups in total. The fourth-order valence-electron chi connectivity index (χ4n) is 2.79. The number of aliphatic imine (C=N–C) groups is 1. The van der Waals surface area contributed by atoms with E-state index in [2.05, 4.69) is 33.5 Å². The molecule has 1 aliphatic rings.